The number of aliphatic hydroxyl groups excluding tert-OH is 1. The second-order valence-corrected chi connectivity index (χ2v) is 16.6. The summed E-state index contributed by atoms with van der Waals surface area (Å²) < 4.78 is 0. The van der Waals surface area contributed by atoms with E-state index in [1.54, 1.807) is 0 Å². The third kappa shape index (κ3) is 5.68. The van der Waals surface area contributed by atoms with Crippen molar-refractivity contribution in [1.29, 1.82) is 0 Å². The van der Waals surface area contributed by atoms with E-state index in [-0.39, 0.29) is 5.54 Å². The number of aliphatic hydroxyl groups is 1. The summed E-state index contributed by atoms with van der Waals surface area (Å²) in [6.45, 7) is 2.25. The fraction of sp³-hybridized carbons (Fsp3) is 0.742. The predicted octanol–water partition coefficient (Wildman–Crippen LogP) is 8.24. The first kappa shape index (κ1) is 30.1. The fourth-order valence-corrected chi connectivity index (χ4v) is 12.2. The summed E-state index contributed by atoms with van der Waals surface area (Å²) in [5, 5.41) is 12.1. The fourth-order valence-electron chi connectivity index (χ4n) is 7.63. The molecular weight excluding hydrogens is 609 g/mol. The van der Waals surface area contributed by atoms with Crippen molar-refractivity contribution in [2.24, 2.45) is 23.7 Å². The minimum absolute atomic E-state index is 0.308. The first-order chi connectivity index (χ1) is 19.4. The highest BCUT2D eigenvalue weighted by Crippen LogP contribution is 2.53. The van der Waals surface area contributed by atoms with Gasteiger partial charge in [-0.2, -0.15) is 0 Å². The topological polar surface area (TPSA) is 26.7 Å². The van der Waals surface area contributed by atoms with Crippen molar-refractivity contribution < 1.29 is 5.11 Å². The molecule has 0 bridgehead atoms. The van der Waals surface area contributed by atoms with Crippen molar-refractivity contribution >= 4 is 92.3 Å². The molecule has 0 aromatic heterocycles. The maximum absolute atomic E-state index is 12.1. The van der Waals surface area contributed by atoms with Gasteiger partial charge in [-0.1, -0.05) is 81.5 Å². The van der Waals surface area contributed by atoms with Crippen LogP contribution in [0.1, 0.15) is 90.4 Å². The van der Waals surface area contributed by atoms with Gasteiger partial charge in [0.15, 0.2) is 0 Å². The van der Waals surface area contributed by atoms with Gasteiger partial charge in [0.1, 0.15) is 9.98 Å². The molecule has 0 radical (unpaired) electrons. The van der Waals surface area contributed by atoms with E-state index in [2.05, 4.69) is 28.9 Å². The summed E-state index contributed by atoms with van der Waals surface area (Å²) in [7, 11) is 0. The Morgan fingerprint density at radius 3 is 2.10 bits per heavy atom. The predicted molar refractivity (Wildman–Crippen MR) is 187 cm³/mol. The molecule has 2 saturated heterocycles. The Kier molecular flexibility index (Phi) is 9.50. The van der Waals surface area contributed by atoms with E-state index in [9.17, 15) is 5.11 Å². The molecule has 0 spiro atoms. The minimum Gasteiger partial charge on any atom is -0.391 e. The number of thiocarbonyl (C=S) groups is 4. The SMILES string of the molecule is CCCCC(C(O)CCCCC(C1CC1)N1C(=S)C=C2SCCC2C1=S)(C1CC1)N1C(=S)C=C2SCCC2C1=S. The average Bonchev–Trinajstić information content (AvgIpc) is 3.86. The molecule has 5 unspecified atom stereocenters. The van der Waals surface area contributed by atoms with Crippen LogP contribution in [0.5, 0.6) is 0 Å². The molecule has 0 aromatic rings. The lowest BCUT2D eigenvalue weighted by Gasteiger charge is -2.51. The van der Waals surface area contributed by atoms with Gasteiger partial charge in [0, 0.05) is 17.9 Å². The van der Waals surface area contributed by atoms with Crippen LogP contribution in [0, 0.1) is 23.7 Å². The van der Waals surface area contributed by atoms with E-state index in [4.69, 9.17) is 48.9 Å². The molecule has 6 aliphatic rings. The molecule has 9 heteroatoms. The number of hydrogen-bond donors (Lipinski definition) is 1. The first-order valence-electron chi connectivity index (χ1n) is 15.5. The van der Waals surface area contributed by atoms with Crippen LogP contribution in [-0.2, 0) is 0 Å². The summed E-state index contributed by atoms with van der Waals surface area (Å²) in [5.74, 6) is 4.15. The molecule has 40 heavy (non-hydrogen) atoms. The lowest BCUT2D eigenvalue weighted by molar-refractivity contribution is -0.000145. The van der Waals surface area contributed by atoms with Crippen LogP contribution < -0.4 is 0 Å². The molecule has 218 valence electrons. The van der Waals surface area contributed by atoms with Gasteiger partial charge < -0.3 is 14.9 Å². The Bertz CT molecular complexity index is 1130. The van der Waals surface area contributed by atoms with Crippen LogP contribution in [0.3, 0.4) is 0 Å². The average molecular weight is 651 g/mol. The molecule has 0 amide bonds. The molecule has 6 rings (SSSR count). The zero-order valence-corrected chi connectivity index (χ0v) is 28.4. The van der Waals surface area contributed by atoms with Crippen LogP contribution in [0.15, 0.2) is 22.0 Å². The second-order valence-electron chi connectivity index (χ2n) is 12.6. The monoisotopic (exact) mass is 650 g/mol. The van der Waals surface area contributed by atoms with Gasteiger partial charge in [-0.25, -0.2) is 0 Å². The van der Waals surface area contributed by atoms with Gasteiger partial charge in [0.2, 0.25) is 0 Å². The molecule has 2 saturated carbocycles. The van der Waals surface area contributed by atoms with E-state index in [0.717, 1.165) is 89.2 Å². The van der Waals surface area contributed by atoms with Gasteiger partial charge >= 0.3 is 0 Å². The molecule has 1 N–H and O–H groups in total. The summed E-state index contributed by atoms with van der Waals surface area (Å²) in [5.41, 5.74) is -0.354. The van der Waals surface area contributed by atoms with Crippen molar-refractivity contribution in [3.05, 3.63) is 22.0 Å². The zero-order valence-electron chi connectivity index (χ0n) is 23.5. The van der Waals surface area contributed by atoms with Gasteiger partial charge in [0.05, 0.1) is 21.6 Å². The summed E-state index contributed by atoms with van der Waals surface area (Å²) >= 11 is 28.0. The summed E-state index contributed by atoms with van der Waals surface area (Å²) in [6.07, 6.45) is 18.3. The molecule has 4 heterocycles. The Morgan fingerprint density at radius 2 is 1.48 bits per heavy atom. The lowest BCUT2D eigenvalue weighted by Crippen LogP contribution is -2.63. The maximum Gasteiger partial charge on any atom is 0.108 e. The van der Waals surface area contributed by atoms with E-state index in [1.165, 1.54) is 35.5 Å². The van der Waals surface area contributed by atoms with Gasteiger partial charge in [-0.15, -0.1) is 23.5 Å². The molecule has 4 fully saturated rings. The van der Waals surface area contributed by atoms with Crippen molar-refractivity contribution in [1.82, 2.24) is 9.80 Å². The highest BCUT2D eigenvalue weighted by molar-refractivity contribution is 8.03. The van der Waals surface area contributed by atoms with Crippen LogP contribution >= 0.6 is 72.4 Å². The molecule has 5 atom stereocenters. The minimum atomic E-state index is -0.427. The first-order valence-corrected chi connectivity index (χ1v) is 19.1. The number of rotatable bonds is 13. The van der Waals surface area contributed by atoms with Crippen molar-refractivity contribution in [3.63, 3.8) is 0 Å². The lowest BCUT2D eigenvalue weighted by atomic mass is 9.76. The Morgan fingerprint density at radius 1 is 0.850 bits per heavy atom. The molecule has 3 nitrogen and oxygen atoms in total. The molecule has 2 aliphatic carbocycles. The van der Waals surface area contributed by atoms with E-state index < -0.39 is 6.10 Å². The normalized spacial score (nSPS) is 29.6. The Labute approximate surface area is 270 Å². The van der Waals surface area contributed by atoms with Crippen LogP contribution in [0.25, 0.3) is 0 Å². The number of unbranched alkanes of at least 4 members (excludes halogenated alkanes) is 2. The smallest absolute Gasteiger partial charge is 0.108 e. The van der Waals surface area contributed by atoms with Gasteiger partial charge in [-0.3, -0.25) is 0 Å². The number of hydrogen-bond acceptors (Lipinski definition) is 7. The number of thioether (sulfide) groups is 2. The summed E-state index contributed by atoms with van der Waals surface area (Å²) in [6, 6.07) is 0.416. The van der Waals surface area contributed by atoms with Gasteiger partial charge in [0.25, 0.3) is 0 Å². The summed E-state index contributed by atoms with van der Waals surface area (Å²) in [4.78, 5) is 11.2. The van der Waals surface area contributed by atoms with Crippen molar-refractivity contribution in [2.45, 2.75) is 108 Å². The van der Waals surface area contributed by atoms with Crippen LogP contribution in [-0.4, -0.2) is 64.1 Å². The Balaban J connectivity index is 1.15. The molecule has 0 aromatic carbocycles. The van der Waals surface area contributed by atoms with E-state index in [0.29, 0.717) is 29.7 Å². The van der Waals surface area contributed by atoms with Crippen LogP contribution in [0.4, 0.5) is 0 Å². The highest BCUT2D eigenvalue weighted by Gasteiger charge is 2.56. The van der Waals surface area contributed by atoms with Crippen molar-refractivity contribution in [2.75, 3.05) is 11.5 Å². The van der Waals surface area contributed by atoms with E-state index >= 15 is 0 Å². The van der Waals surface area contributed by atoms with Gasteiger partial charge in [-0.05, 0) is 103 Å². The third-order valence-electron chi connectivity index (χ3n) is 10.0. The molecular formula is C31H42N2OS6. The standard InChI is InChI=1S/C31H42N2OS6/c1-2-3-14-31(20-10-11-20,33-28(36)18-25-22(30(33)38)13-16-40-25)26(34)7-5-4-6-23(19-8-9-19)32-27(35)17-24-21(29(32)37)12-15-39-24/h17-23,26,34H,2-16H2,1H3. The van der Waals surface area contributed by atoms with E-state index in [1.807, 2.05) is 23.5 Å². The molecule has 4 aliphatic heterocycles. The highest BCUT2D eigenvalue weighted by atomic mass is 32.2. The maximum atomic E-state index is 12.1. The van der Waals surface area contributed by atoms with Crippen LogP contribution in [0.2, 0.25) is 0 Å². The number of nitrogens with zero attached hydrogens (tertiary/aromatic N) is 2. The second kappa shape index (κ2) is 12.6. The Hall–Kier alpha value is 0.1000. The number of fused-ring (bicyclic) bond motifs is 2. The largest absolute Gasteiger partial charge is 0.391 e. The zero-order chi connectivity index (χ0) is 28.0. The quantitative estimate of drug-likeness (QED) is 0.156. The van der Waals surface area contributed by atoms with Crippen molar-refractivity contribution in [3.8, 4) is 0 Å². The third-order valence-corrected chi connectivity index (χ3v) is 13.9.